The maximum Gasteiger partial charge on any atom is 0.327 e. The van der Waals surface area contributed by atoms with E-state index in [0.717, 1.165) is 12.8 Å². The molecule has 0 aliphatic carbocycles. The number of unbranched alkanes of at least 4 members (excludes halogenated alkanes) is 26. The van der Waals surface area contributed by atoms with Crippen molar-refractivity contribution in [2.24, 2.45) is 0 Å². The molecule has 0 saturated heterocycles. The highest BCUT2D eigenvalue weighted by atomic mass is 16.4. The zero-order chi connectivity index (χ0) is 24.1. The fourth-order valence-electron chi connectivity index (χ4n) is 4.76. The molecule has 2 heteroatoms. The third-order valence-corrected chi connectivity index (χ3v) is 6.98. The summed E-state index contributed by atoms with van der Waals surface area (Å²) < 4.78 is 0. The fourth-order valence-corrected chi connectivity index (χ4v) is 4.76. The summed E-state index contributed by atoms with van der Waals surface area (Å²) in [6, 6.07) is 0. The second-order valence-electron chi connectivity index (χ2n) is 10.4. The molecule has 0 aromatic carbocycles. The van der Waals surface area contributed by atoms with Gasteiger partial charge in [-0.3, -0.25) is 0 Å². The first kappa shape index (κ1) is 32.2. The predicted molar refractivity (Wildman–Crippen MR) is 147 cm³/mol. The van der Waals surface area contributed by atoms with Crippen molar-refractivity contribution >= 4 is 5.97 Å². The minimum absolute atomic E-state index is 0.829. The number of hydrogen-bond acceptors (Lipinski definition) is 1. The van der Waals surface area contributed by atoms with Crippen molar-refractivity contribution in [2.75, 3.05) is 0 Å². The molecule has 0 saturated carbocycles. The largest absolute Gasteiger partial charge is 0.478 e. The van der Waals surface area contributed by atoms with Gasteiger partial charge in [-0.1, -0.05) is 174 Å². The van der Waals surface area contributed by atoms with Crippen LogP contribution in [-0.4, -0.2) is 11.1 Å². The SMILES string of the molecule is CCCCCCCCCCCCCCCCCCCCCCCCCCCC/C=C/C(=O)O. The highest BCUT2D eigenvalue weighted by Crippen LogP contribution is 2.16. The molecule has 0 radical (unpaired) electrons. The first-order chi connectivity index (χ1) is 16.3. The Hall–Kier alpha value is -0.790. The Balaban J connectivity index is 3.03. The van der Waals surface area contributed by atoms with Crippen LogP contribution in [0.5, 0.6) is 0 Å². The second-order valence-corrected chi connectivity index (χ2v) is 10.4. The van der Waals surface area contributed by atoms with Crippen molar-refractivity contribution < 1.29 is 9.90 Å². The van der Waals surface area contributed by atoms with E-state index in [1.54, 1.807) is 6.08 Å². The normalized spacial score (nSPS) is 11.5. The summed E-state index contributed by atoms with van der Waals surface area (Å²) in [6.45, 7) is 2.30. The number of carboxylic acids is 1. The molecule has 0 bridgehead atoms. The summed E-state index contributed by atoms with van der Waals surface area (Å²) in [4.78, 5) is 10.4. The van der Waals surface area contributed by atoms with Gasteiger partial charge in [0.2, 0.25) is 0 Å². The van der Waals surface area contributed by atoms with Crippen molar-refractivity contribution in [3.05, 3.63) is 12.2 Å². The summed E-state index contributed by atoms with van der Waals surface area (Å²) in [5.41, 5.74) is 0. The van der Waals surface area contributed by atoms with Crippen LogP contribution in [0, 0.1) is 0 Å². The van der Waals surface area contributed by atoms with Gasteiger partial charge in [-0.2, -0.15) is 0 Å². The number of carboxylic acid groups (broad SMARTS) is 1. The van der Waals surface area contributed by atoms with E-state index in [1.165, 1.54) is 167 Å². The summed E-state index contributed by atoms with van der Waals surface area (Å²) in [5, 5.41) is 8.52. The summed E-state index contributed by atoms with van der Waals surface area (Å²) in [7, 11) is 0. The van der Waals surface area contributed by atoms with E-state index >= 15 is 0 Å². The van der Waals surface area contributed by atoms with E-state index in [2.05, 4.69) is 6.92 Å². The number of rotatable bonds is 28. The molecule has 2 nitrogen and oxygen atoms in total. The lowest BCUT2D eigenvalue weighted by molar-refractivity contribution is -0.131. The smallest absolute Gasteiger partial charge is 0.327 e. The van der Waals surface area contributed by atoms with Crippen LogP contribution in [0.25, 0.3) is 0 Å². The average Bonchev–Trinajstić information content (AvgIpc) is 2.80. The van der Waals surface area contributed by atoms with Gasteiger partial charge in [0.15, 0.2) is 0 Å². The van der Waals surface area contributed by atoms with Crippen LogP contribution in [0.15, 0.2) is 12.2 Å². The van der Waals surface area contributed by atoms with E-state index < -0.39 is 5.97 Å². The van der Waals surface area contributed by atoms with E-state index in [4.69, 9.17) is 5.11 Å². The Kier molecular flexibility index (Phi) is 28.5. The molecule has 0 rings (SSSR count). The monoisotopic (exact) mass is 464 g/mol. The molecule has 1 N–H and O–H groups in total. The highest BCUT2D eigenvalue weighted by molar-refractivity contribution is 5.79. The summed E-state index contributed by atoms with van der Waals surface area (Å²) in [5.74, 6) is -0.829. The van der Waals surface area contributed by atoms with Crippen molar-refractivity contribution in [1.82, 2.24) is 0 Å². The molecule has 0 fully saturated rings. The molecule has 0 amide bonds. The van der Waals surface area contributed by atoms with Gasteiger partial charge in [0.05, 0.1) is 0 Å². The summed E-state index contributed by atoms with van der Waals surface area (Å²) >= 11 is 0. The first-order valence-electron chi connectivity index (χ1n) is 15.2. The van der Waals surface area contributed by atoms with Crippen LogP contribution in [0.4, 0.5) is 0 Å². The molecular formula is C31H60O2. The van der Waals surface area contributed by atoms with E-state index in [9.17, 15) is 4.79 Å². The lowest BCUT2D eigenvalue weighted by Crippen LogP contribution is -1.86. The van der Waals surface area contributed by atoms with E-state index in [-0.39, 0.29) is 0 Å². The van der Waals surface area contributed by atoms with Crippen LogP contribution in [0.2, 0.25) is 0 Å². The van der Waals surface area contributed by atoms with Gasteiger partial charge >= 0.3 is 5.97 Å². The fraction of sp³-hybridized carbons (Fsp3) is 0.903. The lowest BCUT2D eigenvalue weighted by Gasteiger charge is -2.04. The van der Waals surface area contributed by atoms with E-state index in [0.29, 0.717) is 0 Å². The van der Waals surface area contributed by atoms with Gasteiger partial charge in [0, 0.05) is 6.08 Å². The second kappa shape index (κ2) is 29.2. The van der Waals surface area contributed by atoms with Crippen LogP contribution in [0.3, 0.4) is 0 Å². The Labute approximate surface area is 208 Å². The Bertz CT molecular complexity index is 402. The Morgan fingerprint density at radius 2 is 0.697 bits per heavy atom. The number of allylic oxidation sites excluding steroid dienone is 1. The molecule has 0 heterocycles. The molecule has 0 unspecified atom stereocenters. The lowest BCUT2D eigenvalue weighted by atomic mass is 10.0. The molecule has 33 heavy (non-hydrogen) atoms. The van der Waals surface area contributed by atoms with Gasteiger partial charge in [-0.15, -0.1) is 0 Å². The minimum Gasteiger partial charge on any atom is -0.478 e. The van der Waals surface area contributed by atoms with Crippen molar-refractivity contribution in [2.45, 2.75) is 180 Å². The topological polar surface area (TPSA) is 37.3 Å². The molecule has 196 valence electrons. The van der Waals surface area contributed by atoms with Crippen LogP contribution < -0.4 is 0 Å². The minimum atomic E-state index is -0.829. The van der Waals surface area contributed by atoms with Gasteiger partial charge in [0.25, 0.3) is 0 Å². The Morgan fingerprint density at radius 1 is 0.455 bits per heavy atom. The van der Waals surface area contributed by atoms with Crippen LogP contribution in [0.1, 0.15) is 180 Å². The average molecular weight is 465 g/mol. The maximum absolute atomic E-state index is 10.4. The molecule has 0 aromatic rings. The highest BCUT2D eigenvalue weighted by Gasteiger charge is 1.96. The van der Waals surface area contributed by atoms with Gasteiger partial charge in [-0.25, -0.2) is 4.79 Å². The quantitative estimate of drug-likeness (QED) is 0.0923. The zero-order valence-electron chi connectivity index (χ0n) is 22.6. The number of aliphatic carboxylic acids is 1. The standard InChI is InChI=1S/C31H60O2/c1-2-3-4-5-6-7-8-9-10-11-12-13-14-15-16-17-18-19-20-21-22-23-24-25-26-27-28-29-30-31(32)33/h29-30H,2-28H2,1H3,(H,32,33)/b30-29+. The van der Waals surface area contributed by atoms with Gasteiger partial charge in [-0.05, 0) is 12.8 Å². The Morgan fingerprint density at radius 3 is 0.939 bits per heavy atom. The molecule has 0 aliphatic heterocycles. The molecule has 0 spiro atoms. The molecule has 0 aliphatic rings. The van der Waals surface area contributed by atoms with Crippen LogP contribution in [-0.2, 0) is 4.79 Å². The number of hydrogen-bond donors (Lipinski definition) is 1. The van der Waals surface area contributed by atoms with Gasteiger partial charge < -0.3 is 5.11 Å². The third kappa shape index (κ3) is 31.2. The van der Waals surface area contributed by atoms with E-state index in [1.807, 2.05) is 0 Å². The summed E-state index contributed by atoms with van der Waals surface area (Å²) in [6.07, 6.45) is 40.8. The van der Waals surface area contributed by atoms with Crippen molar-refractivity contribution in [3.63, 3.8) is 0 Å². The maximum atomic E-state index is 10.4. The first-order valence-corrected chi connectivity index (χ1v) is 15.2. The third-order valence-electron chi connectivity index (χ3n) is 6.98. The molecular weight excluding hydrogens is 404 g/mol. The molecule has 0 atom stereocenters. The zero-order valence-corrected chi connectivity index (χ0v) is 22.6. The van der Waals surface area contributed by atoms with Gasteiger partial charge in [0.1, 0.15) is 0 Å². The van der Waals surface area contributed by atoms with Crippen molar-refractivity contribution in [1.29, 1.82) is 0 Å². The van der Waals surface area contributed by atoms with Crippen molar-refractivity contribution in [3.8, 4) is 0 Å². The van der Waals surface area contributed by atoms with Crippen LogP contribution >= 0.6 is 0 Å². The number of carbonyl (C=O) groups is 1. The predicted octanol–water partition coefficient (Wildman–Crippen LogP) is 11.2. The molecule has 0 aromatic heterocycles.